The first-order valence-electron chi connectivity index (χ1n) is 4.06. The first kappa shape index (κ1) is 14.5. The van der Waals surface area contributed by atoms with Gasteiger partial charge >= 0.3 is 0 Å². The number of hydrogen-bond acceptors (Lipinski definition) is 1. The Hall–Kier alpha value is 0.510. The van der Waals surface area contributed by atoms with Crippen molar-refractivity contribution in [3.05, 3.63) is 48.2 Å². The largest absolute Gasteiger partial charge is 0.387 e. The number of benzene rings is 1. The second-order valence-corrected chi connectivity index (χ2v) is 2.73. The van der Waals surface area contributed by atoms with E-state index in [0.29, 0.717) is 5.88 Å². The van der Waals surface area contributed by atoms with E-state index in [9.17, 15) is 0 Å². The van der Waals surface area contributed by atoms with Crippen LogP contribution in [-0.4, -0.2) is 5.88 Å². The maximum atomic E-state index is 5.46. The van der Waals surface area contributed by atoms with Gasteiger partial charge in [0.25, 0.3) is 0 Å². The molecule has 0 amide bonds. The van der Waals surface area contributed by atoms with Crippen molar-refractivity contribution in [3.63, 3.8) is 0 Å². The van der Waals surface area contributed by atoms with Crippen LogP contribution >= 0.6 is 48.8 Å². The molecule has 1 aromatic carbocycles. The van der Waals surface area contributed by atoms with Gasteiger partial charge in [-0.1, -0.05) is 36.4 Å². The molecule has 0 fully saturated rings. The van der Waals surface area contributed by atoms with Gasteiger partial charge in [-0.2, -0.15) is 0 Å². The topological polar surface area (TPSA) is 12.0 Å². The van der Waals surface area contributed by atoms with Gasteiger partial charge in [-0.3, -0.25) is 0 Å². The van der Waals surface area contributed by atoms with E-state index in [1.54, 1.807) is 0 Å². The molecule has 78 valence electrons. The summed E-state index contributed by atoms with van der Waals surface area (Å²) in [5, 5.41) is 3.14. The summed E-state index contributed by atoms with van der Waals surface area (Å²) in [7, 11) is 0. The Labute approximate surface area is 114 Å². The lowest BCUT2D eigenvalue weighted by atomic mass is 10.2. The van der Waals surface area contributed by atoms with Gasteiger partial charge in [-0.25, -0.2) is 0 Å². The lowest BCUT2D eigenvalue weighted by Crippen LogP contribution is -2.03. The highest BCUT2D eigenvalue weighted by Gasteiger charge is 1.85. The zero-order chi connectivity index (χ0) is 10.6. The summed E-state index contributed by atoms with van der Waals surface area (Å²) in [6, 6.07) is 10.2. The average molecular weight is 435 g/mol. The minimum Gasteiger partial charge on any atom is -0.387 e. The van der Waals surface area contributed by atoms with Crippen LogP contribution in [0.3, 0.4) is 0 Å². The maximum absolute atomic E-state index is 5.46. The molecule has 14 heavy (non-hydrogen) atoms. The van der Waals surface area contributed by atoms with Crippen molar-refractivity contribution < 1.29 is 0 Å². The van der Waals surface area contributed by atoms with E-state index in [1.807, 2.05) is 30.5 Å². The molecule has 0 saturated heterocycles. The van der Waals surface area contributed by atoms with Crippen molar-refractivity contribution in [2.45, 2.75) is 6.54 Å². The monoisotopic (exact) mass is 435 g/mol. The Balaban J connectivity index is 0.000000791. The van der Waals surface area contributed by atoms with E-state index in [0.717, 1.165) is 6.54 Å². The molecular weight excluding hydrogens is 423 g/mol. The summed E-state index contributed by atoms with van der Waals surface area (Å²) in [5.41, 5.74) is 1.27. The Morgan fingerprint density at radius 3 is 2.43 bits per heavy atom. The van der Waals surface area contributed by atoms with Crippen molar-refractivity contribution in [3.8, 4) is 0 Å². The molecule has 0 aromatic heterocycles. The number of rotatable bonds is 4. The molecule has 0 radical (unpaired) electrons. The van der Waals surface area contributed by atoms with Gasteiger partial charge in [-0.05, 0) is 11.8 Å². The quantitative estimate of drug-likeness (QED) is 0.549. The summed E-state index contributed by atoms with van der Waals surface area (Å²) in [4.78, 5) is 0. The van der Waals surface area contributed by atoms with Gasteiger partial charge in [0.05, 0.1) is 0 Å². The predicted octanol–water partition coefficient (Wildman–Crippen LogP) is 4.30. The van der Waals surface area contributed by atoms with Gasteiger partial charge in [0, 0.05) is 49.7 Å². The van der Waals surface area contributed by atoms with E-state index in [-0.39, 0.29) is 0 Å². The minimum absolute atomic E-state index is 0.557. The van der Waals surface area contributed by atoms with Gasteiger partial charge in [0.2, 0.25) is 0 Å². The highest BCUT2D eigenvalue weighted by molar-refractivity contribution is 15.0. The minimum atomic E-state index is 0.557. The zero-order valence-corrected chi connectivity index (χ0v) is 12.7. The average Bonchev–Trinajstić information content (AvgIpc) is 2.29. The van der Waals surface area contributed by atoms with Crippen LogP contribution in [0.4, 0.5) is 0 Å². The molecule has 0 saturated carbocycles. The molecule has 1 N–H and O–H groups in total. The SMILES string of the molecule is ClCC=CNCc1ccccc1.II. The third-order valence-electron chi connectivity index (χ3n) is 1.47. The highest BCUT2D eigenvalue weighted by atomic mass is 128. The summed E-state index contributed by atoms with van der Waals surface area (Å²) < 4.78 is 0. The molecule has 0 aliphatic heterocycles. The van der Waals surface area contributed by atoms with Gasteiger partial charge in [-0.15, -0.1) is 11.6 Å². The molecule has 0 heterocycles. The maximum Gasteiger partial charge on any atom is 0.0420 e. The van der Waals surface area contributed by atoms with E-state index in [4.69, 9.17) is 11.6 Å². The number of hydrogen-bond donors (Lipinski definition) is 1. The third kappa shape index (κ3) is 7.87. The molecular formula is C10H12ClI2N. The van der Waals surface area contributed by atoms with Crippen molar-refractivity contribution in [2.24, 2.45) is 0 Å². The van der Waals surface area contributed by atoms with Crippen LogP contribution in [0, 0.1) is 0 Å². The van der Waals surface area contributed by atoms with E-state index >= 15 is 0 Å². The molecule has 0 spiro atoms. The van der Waals surface area contributed by atoms with Crippen LogP contribution < -0.4 is 5.32 Å². The molecule has 1 aromatic rings. The van der Waals surface area contributed by atoms with Crippen LogP contribution in [0.15, 0.2) is 42.6 Å². The normalized spacial score (nSPS) is 9.36. The first-order chi connectivity index (χ1) is 6.93. The molecule has 0 aliphatic carbocycles. The van der Waals surface area contributed by atoms with Crippen LogP contribution in [-0.2, 0) is 6.54 Å². The van der Waals surface area contributed by atoms with Crippen molar-refractivity contribution in [2.75, 3.05) is 5.88 Å². The Bertz CT molecular complexity index is 239. The molecule has 1 nitrogen and oxygen atoms in total. The molecule has 0 aliphatic rings. The molecule has 4 heteroatoms. The van der Waals surface area contributed by atoms with Crippen LogP contribution in [0.1, 0.15) is 5.56 Å². The standard InChI is InChI=1S/C10H12ClN.I2/c11-7-4-8-12-9-10-5-2-1-3-6-10;1-2/h1-6,8,12H,7,9H2;. The summed E-state index contributed by atoms with van der Waals surface area (Å²) in [5.74, 6) is 0.557. The van der Waals surface area contributed by atoms with Crippen LogP contribution in [0.25, 0.3) is 0 Å². The zero-order valence-electron chi connectivity index (χ0n) is 7.59. The van der Waals surface area contributed by atoms with E-state index in [2.05, 4.69) is 54.7 Å². The molecule has 1 rings (SSSR count). The highest BCUT2D eigenvalue weighted by Crippen LogP contribution is 1.96. The predicted molar refractivity (Wildman–Crippen MR) is 81.2 cm³/mol. The lowest BCUT2D eigenvalue weighted by Gasteiger charge is -1.99. The summed E-state index contributed by atoms with van der Waals surface area (Å²) >= 11 is 9.70. The fourth-order valence-corrected chi connectivity index (χ4v) is 0.990. The molecule has 0 atom stereocenters. The summed E-state index contributed by atoms with van der Waals surface area (Å²) in [6.45, 7) is 0.855. The summed E-state index contributed by atoms with van der Waals surface area (Å²) in [6.07, 6.45) is 3.75. The van der Waals surface area contributed by atoms with Crippen LogP contribution in [0.5, 0.6) is 0 Å². The fraction of sp³-hybridized carbons (Fsp3) is 0.200. The third-order valence-corrected chi connectivity index (χ3v) is 1.65. The number of alkyl halides is 1. The molecule has 0 bridgehead atoms. The number of allylic oxidation sites excluding steroid dienone is 1. The molecule has 0 unspecified atom stereocenters. The first-order valence-corrected chi connectivity index (χ1v) is 10.9. The smallest absolute Gasteiger partial charge is 0.0420 e. The van der Waals surface area contributed by atoms with E-state index in [1.165, 1.54) is 5.56 Å². The number of nitrogens with one attached hydrogen (secondary N) is 1. The van der Waals surface area contributed by atoms with E-state index < -0.39 is 0 Å². The second-order valence-electron chi connectivity index (χ2n) is 2.42. The number of halogens is 3. The van der Waals surface area contributed by atoms with Crippen molar-refractivity contribution in [1.29, 1.82) is 0 Å². The second kappa shape index (κ2) is 11.6. The van der Waals surface area contributed by atoms with Gasteiger partial charge in [0.15, 0.2) is 0 Å². The van der Waals surface area contributed by atoms with Crippen molar-refractivity contribution >= 4 is 48.8 Å². The Morgan fingerprint density at radius 1 is 1.21 bits per heavy atom. The Kier molecular flexibility index (Phi) is 12.0. The van der Waals surface area contributed by atoms with Gasteiger partial charge in [0.1, 0.15) is 0 Å². The van der Waals surface area contributed by atoms with Crippen LogP contribution in [0.2, 0.25) is 0 Å². The Morgan fingerprint density at radius 2 is 1.86 bits per heavy atom. The van der Waals surface area contributed by atoms with Gasteiger partial charge < -0.3 is 5.32 Å². The van der Waals surface area contributed by atoms with Crippen molar-refractivity contribution in [1.82, 2.24) is 5.32 Å². The fourth-order valence-electron chi connectivity index (χ4n) is 0.901. The lowest BCUT2D eigenvalue weighted by molar-refractivity contribution is 0.868.